The molecule has 0 heterocycles. The zero-order valence-electron chi connectivity index (χ0n) is 95.6. The van der Waals surface area contributed by atoms with Gasteiger partial charge in [0, 0.05) is 47.5 Å². The molecule has 0 radical (unpaired) electrons. The van der Waals surface area contributed by atoms with Crippen LogP contribution in [0.25, 0.3) is 0 Å². The van der Waals surface area contributed by atoms with E-state index in [-0.39, 0.29) is 60.3 Å². The summed E-state index contributed by atoms with van der Waals surface area (Å²) in [5.41, 5.74) is 25.4. The zero-order valence-corrected chi connectivity index (χ0v) is 113. The summed E-state index contributed by atoms with van der Waals surface area (Å²) in [5, 5.41) is 0.194. The van der Waals surface area contributed by atoms with E-state index in [1.165, 1.54) is 102 Å². The molecule has 0 amide bonds. The molecule has 0 nitrogen and oxygen atoms in total. The Morgan fingerprint density at radius 1 is 0.228 bits per heavy atom. The van der Waals surface area contributed by atoms with E-state index in [1.807, 2.05) is 41.9 Å². The number of rotatable bonds is 21. The van der Waals surface area contributed by atoms with Crippen molar-refractivity contribution in [3.8, 4) is 0 Å². The predicted octanol–water partition coefficient (Wildman–Crippen LogP) is 48.9. The molecule has 17 heteroatoms. The maximum absolute atomic E-state index is 5.67. The Morgan fingerprint density at radius 2 is 0.336 bits per heavy atom. The van der Waals surface area contributed by atoms with Gasteiger partial charge in [-0.2, -0.15) is 0 Å². The molecule has 0 spiro atoms. The van der Waals surface area contributed by atoms with Crippen LogP contribution in [-0.4, -0.2) is 121 Å². The van der Waals surface area contributed by atoms with E-state index in [4.69, 9.17) is 81.3 Å². The average Bonchev–Trinajstić information content (AvgIpc) is 0.844. The van der Waals surface area contributed by atoms with Gasteiger partial charge in [-0.25, -0.2) is 0 Å². The zero-order chi connectivity index (χ0) is 106. The molecule has 0 saturated heterocycles. The Hall–Kier alpha value is 3.86. The van der Waals surface area contributed by atoms with Crippen LogP contribution >= 0.6 is 129 Å². The minimum atomic E-state index is -1.61. The number of hydrogen-bond acceptors (Lipinski definition) is 0. The first-order chi connectivity index (χ1) is 72.7. The Labute approximate surface area is 984 Å². The van der Waals surface area contributed by atoms with Crippen LogP contribution in [0.3, 0.4) is 0 Å². The summed E-state index contributed by atoms with van der Waals surface area (Å²) in [6.45, 7) is 24.9. The Kier molecular flexibility index (Phi) is 89.1. The van der Waals surface area contributed by atoms with E-state index in [9.17, 15) is 0 Å². The van der Waals surface area contributed by atoms with E-state index in [0.717, 1.165) is 5.56 Å². The molecule has 18 saturated carbocycles. The van der Waals surface area contributed by atoms with E-state index in [1.54, 1.807) is 607 Å². The summed E-state index contributed by atoms with van der Waals surface area (Å²) >= 11 is 4.81. The van der Waals surface area contributed by atoms with Crippen LogP contribution in [0.5, 0.6) is 0 Å². The third-order valence-corrected chi connectivity index (χ3v) is 71.5. The Bertz CT molecular complexity index is 2780. The average molecular weight is 2600 g/mol. The van der Waals surface area contributed by atoms with Crippen molar-refractivity contribution in [2.24, 2.45) is 0 Å². The summed E-state index contributed by atoms with van der Waals surface area (Å²) in [6, 6.07) is 9.89. The first-order valence-electron chi connectivity index (χ1n) is 64.0. The van der Waals surface area contributed by atoms with Crippen LogP contribution < -0.4 is 0 Å². The van der Waals surface area contributed by atoms with Crippen molar-refractivity contribution in [3.05, 3.63) is 112 Å². The van der Waals surface area contributed by atoms with Crippen molar-refractivity contribution in [3.63, 3.8) is 0 Å². The van der Waals surface area contributed by atoms with E-state index in [0.29, 0.717) is 0 Å². The summed E-state index contributed by atoms with van der Waals surface area (Å²) in [6.07, 6.45) is 149. The molecule has 1 aromatic carbocycles. The second-order valence-electron chi connectivity index (χ2n) is 48.8. The van der Waals surface area contributed by atoms with Crippen LogP contribution in [-0.2, 0) is 40.6 Å². The van der Waals surface area contributed by atoms with Crippen molar-refractivity contribution in [1.82, 2.24) is 0 Å². The molecule has 0 atom stereocenters. The first-order valence-corrected chi connectivity index (χ1v) is 91.7. The van der Waals surface area contributed by atoms with Gasteiger partial charge in [-0.05, 0) is 469 Å². The topological polar surface area (TPSA) is 0 Å². The van der Waals surface area contributed by atoms with Gasteiger partial charge in [0.2, 0.25) is 0 Å². The van der Waals surface area contributed by atoms with Gasteiger partial charge in [0.05, 0.1) is 107 Å². The Balaban J connectivity index is 0.000000256. The molecule has 0 aromatic heterocycles. The second-order valence-corrected chi connectivity index (χ2v) is 87.4. The van der Waals surface area contributed by atoms with E-state index >= 15 is 0 Å². The number of allylic oxidation sites excluding steroid dienone is 4. The number of hydrogen-bond donors (Lipinski definition) is 0. The molecule has 18 aliphatic rings. The maximum atomic E-state index is 5.67. The number of halogens is 8. The molecular formula is C132H238Cl8P6Ru3+6. The van der Waals surface area contributed by atoms with E-state index in [2.05, 4.69) is 56.0 Å². The minimum absolute atomic E-state index is 0. The Morgan fingerprint density at radius 3 is 0.403 bits per heavy atom. The van der Waals surface area contributed by atoms with Crippen LogP contribution in [0.15, 0.2) is 106 Å². The first kappa shape index (κ1) is 141. The van der Waals surface area contributed by atoms with Crippen molar-refractivity contribution >= 4 is 142 Å². The van der Waals surface area contributed by atoms with Crippen LogP contribution in [0.2, 0.25) is 0 Å². The molecule has 18 aliphatic carbocycles. The van der Waals surface area contributed by atoms with Gasteiger partial charge in [-0.1, -0.05) is 168 Å². The quantitative estimate of drug-likeness (QED) is 0.0287. The summed E-state index contributed by atoms with van der Waals surface area (Å²) < 4.78 is 6.11. The molecule has 19 rings (SSSR count). The fourth-order valence-electron chi connectivity index (χ4n) is 32.5. The van der Waals surface area contributed by atoms with Gasteiger partial charge in [-0.15, -0.1) is 35.5 Å². The van der Waals surface area contributed by atoms with Crippen molar-refractivity contribution in [2.75, 3.05) is 5.34 Å². The number of benzene rings is 1. The monoisotopic (exact) mass is 2600 g/mol. The SMILES string of the molecule is C.C1CCC([PH+](C2CCCCC2)C2CCCCC2)CC1.C1CCC([PH+](C2CCCCC2)C2CCCCC2)CC1.C1CCC([PH+](C2CCCCC2)C2CCCCC2)CC1.C1CCC([PH+](C2CCCCC2)C2CCCCC2)CC1.C1CCC([PH+](C2CCCCC2)C2CCCCC2)CC1.C1CCC([PH+](C2CCCCC2)C2CCCCC2)CC1.C=C=C.C=CC.C=CC=C.C=C[CH]=[Ru]([Cl])[Cl].C=[C]=[Ru]([Cl])[Cl].ClCCl.[Cl][Ru]([Cl])=[CH]c1ccccc1. The standard InChI is InChI=1S/6C18H33P.C7H6.C4H6.C3H6.2C3H4.C2H2.CH2Cl2.CH4.6ClH.3Ru/c6*1-4-10-16(11-5-1)19(17-12-6-2-7-13-17)18-14-8-3-9-15-18;1-7-5-3-2-4-6-7;1-3-4-2;3*1-3-2;1-2;2-1-3;;;;;;;;;;/h6*16-18H,1-15H2;1-6H;3-4H,1-2H2;3H,1H2,2H3;1-2H2;1,3H,2H2;1H2;1H2;1H4;6*1H;;;/q;;;;;;;;;;;;;;;;;;;;3*+2. The van der Waals surface area contributed by atoms with E-state index < -0.39 is 40.6 Å². The van der Waals surface area contributed by atoms with Crippen LogP contribution in [0.1, 0.15) is 598 Å². The third-order valence-electron chi connectivity index (χ3n) is 38.8. The summed E-state index contributed by atoms with van der Waals surface area (Å²) in [7, 11) is 32.2. The molecular weight excluding hydrogens is 2360 g/mol. The molecule has 0 bridgehead atoms. The summed E-state index contributed by atoms with van der Waals surface area (Å²) in [4.78, 5) is 0. The van der Waals surface area contributed by atoms with Crippen LogP contribution in [0.4, 0.5) is 0 Å². The predicted molar refractivity (Wildman–Crippen MR) is 702 cm³/mol. The van der Waals surface area contributed by atoms with Gasteiger partial charge >= 0.3 is 167 Å². The molecule has 0 N–H and O–H groups in total. The van der Waals surface area contributed by atoms with Crippen molar-refractivity contribution in [1.29, 1.82) is 0 Å². The fraction of sp³-hybridized carbons (Fsp3) is 0.841. The molecule has 18 fully saturated rings. The van der Waals surface area contributed by atoms with Gasteiger partial charge < -0.3 is 0 Å². The van der Waals surface area contributed by atoms with Gasteiger partial charge in [-0.3, -0.25) is 0 Å². The normalized spacial score (nSPS) is 24.0. The second kappa shape index (κ2) is 93.9. The molecule has 149 heavy (non-hydrogen) atoms. The van der Waals surface area contributed by atoms with Crippen molar-refractivity contribution in [2.45, 2.75) is 694 Å². The molecule has 0 aliphatic heterocycles. The molecule has 0 unspecified atom stereocenters. The molecule has 1 aromatic rings. The fourth-order valence-corrected chi connectivity index (χ4v) is 66.7. The van der Waals surface area contributed by atoms with Gasteiger partial charge in [0.15, 0.2) is 0 Å². The third kappa shape index (κ3) is 60.3. The van der Waals surface area contributed by atoms with Gasteiger partial charge in [0.25, 0.3) is 0 Å². The van der Waals surface area contributed by atoms with Crippen molar-refractivity contribution < 1.29 is 40.6 Å². The number of alkyl halides is 2. The molecule has 870 valence electrons. The van der Waals surface area contributed by atoms with Crippen LogP contribution in [0, 0.1) is 0 Å². The van der Waals surface area contributed by atoms with Gasteiger partial charge in [0.1, 0.15) is 0 Å². The summed E-state index contributed by atoms with van der Waals surface area (Å²) in [5.74, 6) is 0.